The summed E-state index contributed by atoms with van der Waals surface area (Å²) >= 11 is 1.13. The number of carbonyl (C=O) groups excluding carboxylic acids is 2. The Morgan fingerprint density at radius 3 is 2.82 bits per heavy atom. The number of benzene rings is 1. The fourth-order valence-corrected chi connectivity index (χ4v) is 2.36. The quantitative estimate of drug-likeness (QED) is 0.660. The number of thiazole rings is 1. The van der Waals surface area contributed by atoms with E-state index in [0.29, 0.717) is 17.0 Å². The van der Waals surface area contributed by atoms with Gasteiger partial charge in [0, 0.05) is 17.0 Å². The highest BCUT2D eigenvalue weighted by atomic mass is 32.1. The van der Waals surface area contributed by atoms with Crippen LogP contribution in [0.3, 0.4) is 0 Å². The molecule has 0 aliphatic heterocycles. The molecule has 0 atom stereocenters. The third-order valence-corrected chi connectivity index (χ3v) is 3.42. The molecule has 116 valence electrons. The second-order valence-electron chi connectivity index (χ2n) is 4.10. The van der Waals surface area contributed by atoms with Crippen molar-refractivity contribution in [1.82, 2.24) is 4.98 Å². The SMILES string of the molecule is CCOC(=O)C(=O)Nc1nc(-c2ccc(OC)cc2O)cs1. The summed E-state index contributed by atoms with van der Waals surface area (Å²) in [5, 5.41) is 14.2. The van der Waals surface area contributed by atoms with Crippen molar-refractivity contribution < 1.29 is 24.2 Å². The second-order valence-corrected chi connectivity index (χ2v) is 4.95. The molecule has 1 aromatic carbocycles. The zero-order chi connectivity index (χ0) is 16.1. The summed E-state index contributed by atoms with van der Waals surface area (Å²) in [7, 11) is 1.50. The summed E-state index contributed by atoms with van der Waals surface area (Å²) in [6.07, 6.45) is 0. The van der Waals surface area contributed by atoms with Crippen LogP contribution in [-0.2, 0) is 14.3 Å². The van der Waals surface area contributed by atoms with E-state index in [1.165, 1.54) is 13.2 Å². The number of anilines is 1. The van der Waals surface area contributed by atoms with Crippen molar-refractivity contribution in [1.29, 1.82) is 0 Å². The van der Waals surface area contributed by atoms with Gasteiger partial charge in [0.05, 0.1) is 19.4 Å². The lowest BCUT2D eigenvalue weighted by Gasteiger charge is -2.04. The van der Waals surface area contributed by atoms with E-state index in [1.54, 1.807) is 24.4 Å². The summed E-state index contributed by atoms with van der Waals surface area (Å²) in [4.78, 5) is 26.9. The standard InChI is InChI=1S/C14H14N2O5S/c1-3-21-13(19)12(18)16-14-15-10(7-22-14)9-5-4-8(20-2)6-11(9)17/h4-7,17H,3H2,1-2H3,(H,15,16,18). The molecule has 7 nitrogen and oxygen atoms in total. The zero-order valence-corrected chi connectivity index (χ0v) is 12.8. The first-order chi connectivity index (χ1) is 10.5. The van der Waals surface area contributed by atoms with E-state index in [-0.39, 0.29) is 17.5 Å². The van der Waals surface area contributed by atoms with E-state index in [4.69, 9.17) is 4.74 Å². The first-order valence-electron chi connectivity index (χ1n) is 6.36. The molecule has 0 aliphatic rings. The lowest BCUT2D eigenvalue weighted by atomic mass is 10.1. The molecule has 2 N–H and O–H groups in total. The van der Waals surface area contributed by atoms with Gasteiger partial charge in [-0.1, -0.05) is 0 Å². The Morgan fingerprint density at radius 2 is 2.18 bits per heavy atom. The van der Waals surface area contributed by atoms with Gasteiger partial charge in [0.2, 0.25) is 0 Å². The highest BCUT2D eigenvalue weighted by Gasteiger charge is 2.17. The third kappa shape index (κ3) is 3.53. The average Bonchev–Trinajstić information content (AvgIpc) is 2.95. The van der Waals surface area contributed by atoms with Gasteiger partial charge in [-0.15, -0.1) is 11.3 Å². The van der Waals surface area contributed by atoms with Gasteiger partial charge in [0.1, 0.15) is 11.5 Å². The van der Waals surface area contributed by atoms with Gasteiger partial charge in [0.15, 0.2) is 5.13 Å². The van der Waals surface area contributed by atoms with E-state index in [0.717, 1.165) is 11.3 Å². The number of hydrogen-bond donors (Lipinski definition) is 2. The maximum atomic E-state index is 11.5. The smallest absolute Gasteiger partial charge is 0.397 e. The molecule has 1 aromatic heterocycles. The Labute approximate surface area is 130 Å². The molecule has 0 unspecified atom stereocenters. The van der Waals surface area contributed by atoms with Crippen LogP contribution in [-0.4, -0.2) is 35.7 Å². The van der Waals surface area contributed by atoms with Crippen LogP contribution in [0.1, 0.15) is 6.92 Å². The molecule has 2 aromatic rings. The minimum absolute atomic E-state index is 0.00733. The highest BCUT2D eigenvalue weighted by molar-refractivity contribution is 7.14. The molecule has 0 bridgehead atoms. The van der Waals surface area contributed by atoms with Crippen LogP contribution in [0.15, 0.2) is 23.6 Å². The van der Waals surface area contributed by atoms with Crippen molar-refractivity contribution in [2.45, 2.75) is 6.92 Å². The number of nitrogens with one attached hydrogen (secondary N) is 1. The van der Waals surface area contributed by atoms with E-state index < -0.39 is 11.9 Å². The Balaban J connectivity index is 2.15. The number of methoxy groups -OCH3 is 1. The molecule has 0 aliphatic carbocycles. The van der Waals surface area contributed by atoms with Crippen molar-refractivity contribution in [2.75, 3.05) is 19.0 Å². The van der Waals surface area contributed by atoms with Crippen LogP contribution in [0, 0.1) is 0 Å². The largest absolute Gasteiger partial charge is 0.507 e. The van der Waals surface area contributed by atoms with Crippen molar-refractivity contribution >= 4 is 28.3 Å². The van der Waals surface area contributed by atoms with Crippen LogP contribution >= 0.6 is 11.3 Å². The molecule has 0 spiro atoms. The Morgan fingerprint density at radius 1 is 1.41 bits per heavy atom. The van der Waals surface area contributed by atoms with Gasteiger partial charge < -0.3 is 14.6 Å². The molecular formula is C14H14N2O5S. The molecule has 0 radical (unpaired) electrons. The van der Waals surface area contributed by atoms with Gasteiger partial charge >= 0.3 is 11.9 Å². The van der Waals surface area contributed by atoms with Gasteiger partial charge in [-0.05, 0) is 19.1 Å². The van der Waals surface area contributed by atoms with Crippen LogP contribution in [0.5, 0.6) is 11.5 Å². The molecule has 0 fully saturated rings. The molecule has 1 amide bonds. The van der Waals surface area contributed by atoms with Gasteiger partial charge in [0.25, 0.3) is 0 Å². The maximum Gasteiger partial charge on any atom is 0.397 e. The number of carbonyl (C=O) groups is 2. The topological polar surface area (TPSA) is 97.8 Å². The van der Waals surface area contributed by atoms with Crippen molar-refractivity contribution in [2.24, 2.45) is 0 Å². The summed E-state index contributed by atoms with van der Waals surface area (Å²) in [6.45, 7) is 1.73. The average molecular weight is 322 g/mol. The number of rotatable bonds is 4. The van der Waals surface area contributed by atoms with Crippen LogP contribution < -0.4 is 10.1 Å². The first kappa shape index (κ1) is 15.8. The second kappa shape index (κ2) is 6.90. The number of aromatic nitrogens is 1. The normalized spacial score (nSPS) is 10.1. The molecule has 2 rings (SSSR count). The van der Waals surface area contributed by atoms with Crippen LogP contribution in [0.4, 0.5) is 5.13 Å². The number of phenolic OH excluding ortho intramolecular Hbond substituents is 1. The van der Waals surface area contributed by atoms with E-state index in [2.05, 4.69) is 15.0 Å². The van der Waals surface area contributed by atoms with Gasteiger partial charge in [-0.2, -0.15) is 0 Å². The first-order valence-corrected chi connectivity index (χ1v) is 7.24. The lowest BCUT2D eigenvalue weighted by molar-refractivity contribution is -0.152. The monoisotopic (exact) mass is 322 g/mol. The molecular weight excluding hydrogens is 308 g/mol. The van der Waals surface area contributed by atoms with Gasteiger partial charge in [-0.25, -0.2) is 9.78 Å². The summed E-state index contributed by atoms with van der Waals surface area (Å²) in [6, 6.07) is 4.80. The Hall–Kier alpha value is -2.61. The van der Waals surface area contributed by atoms with Crippen LogP contribution in [0.25, 0.3) is 11.3 Å². The fraction of sp³-hybridized carbons (Fsp3) is 0.214. The van der Waals surface area contributed by atoms with Gasteiger partial charge in [-0.3, -0.25) is 10.1 Å². The summed E-state index contributed by atoms with van der Waals surface area (Å²) in [5.74, 6) is -1.33. The van der Waals surface area contributed by atoms with Crippen molar-refractivity contribution in [3.63, 3.8) is 0 Å². The number of phenols is 1. The minimum Gasteiger partial charge on any atom is -0.507 e. The predicted molar refractivity (Wildman–Crippen MR) is 81.0 cm³/mol. The van der Waals surface area contributed by atoms with Crippen LogP contribution in [0.2, 0.25) is 0 Å². The molecule has 8 heteroatoms. The molecule has 0 saturated heterocycles. The predicted octanol–water partition coefficient (Wildman–Crippen LogP) is 2.03. The number of amides is 1. The van der Waals surface area contributed by atoms with E-state index >= 15 is 0 Å². The molecule has 0 saturated carbocycles. The highest BCUT2D eigenvalue weighted by Crippen LogP contribution is 2.33. The lowest BCUT2D eigenvalue weighted by Crippen LogP contribution is -2.24. The minimum atomic E-state index is -0.966. The van der Waals surface area contributed by atoms with E-state index in [9.17, 15) is 14.7 Å². The van der Waals surface area contributed by atoms with Crippen molar-refractivity contribution in [3.05, 3.63) is 23.6 Å². The zero-order valence-electron chi connectivity index (χ0n) is 12.0. The number of esters is 1. The number of nitrogens with zero attached hydrogens (tertiary/aromatic N) is 1. The molecule has 22 heavy (non-hydrogen) atoms. The number of hydrogen-bond acceptors (Lipinski definition) is 7. The third-order valence-electron chi connectivity index (χ3n) is 2.67. The summed E-state index contributed by atoms with van der Waals surface area (Å²) < 4.78 is 9.59. The number of ether oxygens (including phenoxy) is 2. The summed E-state index contributed by atoms with van der Waals surface area (Å²) in [5.41, 5.74) is 0.970. The molecule has 1 heterocycles. The fourth-order valence-electron chi connectivity index (χ4n) is 1.65. The number of aromatic hydroxyl groups is 1. The maximum absolute atomic E-state index is 11.5. The Kier molecular flexibility index (Phi) is 4.95. The van der Waals surface area contributed by atoms with Crippen molar-refractivity contribution in [3.8, 4) is 22.8 Å². The Bertz CT molecular complexity index is 698. The van der Waals surface area contributed by atoms with E-state index in [1.807, 2.05) is 0 Å².